The minimum absolute atomic E-state index is 0.0325. The third kappa shape index (κ3) is 6.29. The zero-order valence-electron chi connectivity index (χ0n) is 8.18. The van der Waals surface area contributed by atoms with Crippen molar-refractivity contribution in [2.45, 2.75) is 31.5 Å². The third-order valence-corrected chi connectivity index (χ3v) is 1.80. The number of alkyl halides is 3. The fourth-order valence-corrected chi connectivity index (χ4v) is 0.955. The summed E-state index contributed by atoms with van der Waals surface area (Å²) in [7, 11) is 0. The Morgan fingerprint density at radius 3 is 2.60 bits per heavy atom. The van der Waals surface area contributed by atoms with E-state index in [1.807, 2.05) is 0 Å². The highest BCUT2D eigenvalue weighted by molar-refractivity contribution is 5.81. The topological polar surface area (TPSA) is 59.6 Å². The van der Waals surface area contributed by atoms with Crippen LogP contribution >= 0.6 is 0 Å². The molecule has 0 saturated heterocycles. The van der Waals surface area contributed by atoms with E-state index in [0.29, 0.717) is 11.9 Å². The van der Waals surface area contributed by atoms with Gasteiger partial charge in [0.2, 0.25) is 0 Å². The van der Waals surface area contributed by atoms with Crippen molar-refractivity contribution in [3.8, 4) is 0 Å². The quantitative estimate of drug-likeness (QED) is 0.241. The van der Waals surface area contributed by atoms with Crippen molar-refractivity contribution in [3.63, 3.8) is 0 Å². The van der Waals surface area contributed by atoms with Gasteiger partial charge in [0.1, 0.15) is 12.4 Å². The predicted octanol–water partition coefficient (Wildman–Crippen LogP) is 0.980. The van der Waals surface area contributed by atoms with E-state index in [2.05, 4.69) is 15.2 Å². The summed E-state index contributed by atoms with van der Waals surface area (Å²) in [6.45, 7) is -1.26. The highest BCUT2D eigenvalue weighted by Gasteiger charge is 2.27. The Hall–Kier alpha value is -0.820. The van der Waals surface area contributed by atoms with Crippen LogP contribution in [0.2, 0.25) is 0 Å². The summed E-state index contributed by atoms with van der Waals surface area (Å²) in [5, 5.41) is 0. The smallest absolute Gasteiger partial charge is 0.372 e. The zero-order valence-corrected chi connectivity index (χ0v) is 8.18. The monoisotopic (exact) mass is 225 g/mol. The molecule has 0 bridgehead atoms. The SMILES string of the molecule is NNC(CCOCC(F)(F)F)=NC1CC1. The van der Waals surface area contributed by atoms with Gasteiger partial charge in [-0.25, -0.2) is 5.84 Å². The Labute approximate surface area is 85.7 Å². The summed E-state index contributed by atoms with van der Waals surface area (Å²) in [5.41, 5.74) is 2.36. The lowest BCUT2D eigenvalue weighted by Gasteiger charge is -2.08. The molecule has 3 N–H and O–H groups in total. The first-order chi connectivity index (χ1) is 7.01. The second-order valence-electron chi connectivity index (χ2n) is 3.37. The van der Waals surface area contributed by atoms with E-state index < -0.39 is 12.8 Å². The van der Waals surface area contributed by atoms with Crippen LogP contribution in [0.1, 0.15) is 19.3 Å². The molecule has 7 heteroatoms. The second kappa shape index (κ2) is 5.32. The molecule has 1 aliphatic carbocycles. The summed E-state index contributed by atoms with van der Waals surface area (Å²) in [6.07, 6.45) is -1.95. The number of ether oxygens (including phenoxy) is 1. The maximum atomic E-state index is 11.7. The van der Waals surface area contributed by atoms with Crippen LogP contribution in [0.4, 0.5) is 13.2 Å². The van der Waals surface area contributed by atoms with Crippen molar-refractivity contribution >= 4 is 5.84 Å². The molecule has 0 aromatic rings. The minimum Gasteiger partial charge on any atom is -0.372 e. The molecule has 0 unspecified atom stereocenters. The molecule has 0 radical (unpaired) electrons. The molecular formula is C8H14F3N3O. The van der Waals surface area contributed by atoms with Crippen molar-refractivity contribution in [1.29, 1.82) is 0 Å². The minimum atomic E-state index is -4.27. The lowest BCUT2D eigenvalue weighted by atomic mass is 10.4. The molecule has 1 fully saturated rings. The van der Waals surface area contributed by atoms with Crippen LogP contribution in [-0.2, 0) is 4.74 Å². The molecule has 4 nitrogen and oxygen atoms in total. The van der Waals surface area contributed by atoms with E-state index in [4.69, 9.17) is 5.84 Å². The van der Waals surface area contributed by atoms with E-state index in [0.717, 1.165) is 12.8 Å². The number of amidine groups is 1. The maximum Gasteiger partial charge on any atom is 0.411 e. The number of hydrogen-bond donors (Lipinski definition) is 2. The maximum absolute atomic E-state index is 11.7. The van der Waals surface area contributed by atoms with Crippen LogP contribution in [0.15, 0.2) is 4.99 Å². The van der Waals surface area contributed by atoms with Crippen LogP contribution < -0.4 is 11.3 Å². The van der Waals surface area contributed by atoms with Gasteiger partial charge in [-0.2, -0.15) is 13.2 Å². The molecule has 1 rings (SSSR count). The number of nitrogens with two attached hydrogens (primary N) is 1. The Morgan fingerprint density at radius 1 is 1.47 bits per heavy atom. The van der Waals surface area contributed by atoms with Crippen LogP contribution in [0.5, 0.6) is 0 Å². The van der Waals surface area contributed by atoms with E-state index in [9.17, 15) is 13.2 Å². The number of hydrazine groups is 1. The van der Waals surface area contributed by atoms with Crippen molar-refractivity contribution in [2.75, 3.05) is 13.2 Å². The van der Waals surface area contributed by atoms with Gasteiger partial charge in [0.25, 0.3) is 0 Å². The highest BCUT2D eigenvalue weighted by Crippen LogP contribution is 2.23. The Balaban J connectivity index is 2.12. The molecule has 0 atom stereocenters. The van der Waals surface area contributed by atoms with Gasteiger partial charge in [0, 0.05) is 6.42 Å². The Bertz CT molecular complexity index is 226. The molecule has 0 spiro atoms. The van der Waals surface area contributed by atoms with Crippen molar-refractivity contribution in [1.82, 2.24) is 5.43 Å². The first-order valence-corrected chi connectivity index (χ1v) is 4.69. The largest absolute Gasteiger partial charge is 0.411 e. The number of halogens is 3. The van der Waals surface area contributed by atoms with Gasteiger partial charge in [0.05, 0.1) is 12.6 Å². The van der Waals surface area contributed by atoms with Crippen LogP contribution in [0, 0.1) is 0 Å². The summed E-state index contributed by atoms with van der Waals surface area (Å²) in [6, 6.07) is 0.290. The molecule has 0 aromatic carbocycles. The van der Waals surface area contributed by atoms with E-state index in [1.54, 1.807) is 0 Å². The second-order valence-corrected chi connectivity index (χ2v) is 3.37. The summed E-state index contributed by atoms with van der Waals surface area (Å²) in [4.78, 5) is 4.16. The summed E-state index contributed by atoms with van der Waals surface area (Å²) in [5.74, 6) is 5.66. The Kier molecular flexibility index (Phi) is 4.34. The first-order valence-electron chi connectivity index (χ1n) is 4.69. The summed E-state index contributed by atoms with van der Waals surface area (Å²) >= 11 is 0. The van der Waals surface area contributed by atoms with Crippen LogP contribution in [0.25, 0.3) is 0 Å². The van der Waals surface area contributed by atoms with Gasteiger partial charge >= 0.3 is 6.18 Å². The molecule has 0 heterocycles. The molecule has 88 valence electrons. The third-order valence-electron chi connectivity index (χ3n) is 1.80. The van der Waals surface area contributed by atoms with E-state index >= 15 is 0 Å². The standard InChI is InChI=1S/C8H14F3N3O/c9-8(10,11)5-15-4-3-7(14-12)13-6-1-2-6/h6H,1-5,12H2,(H,13,14). The summed E-state index contributed by atoms with van der Waals surface area (Å²) < 4.78 is 39.5. The van der Waals surface area contributed by atoms with Gasteiger partial charge in [-0.05, 0) is 12.8 Å². The fourth-order valence-electron chi connectivity index (χ4n) is 0.955. The van der Waals surface area contributed by atoms with Gasteiger partial charge < -0.3 is 10.2 Å². The average Bonchev–Trinajstić information content (AvgIpc) is 2.92. The van der Waals surface area contributed by atoms with Crippen LogP contribution in [0.3, 0.4) is 0 Å². The molecule has 0 amide bonds. The predicted molar refractivity (Wildman–Crippen MR) is 49.3 cm³/mol. The number of nitrogens with zero attached hydrogens (tertiary/aromatic N) is 1. The normalized spacial score (nSPS) is 18.0. The zero-order chi connectivity index (χ0) is 11.3. The van der Waals surface area contributed by atoms with Gasteiger partial charge in [0.15, 0.2) is 0 Å². The van der Waals surface area contributed by atoms with Crippen LogP contribution in [-0.4, -0.2) is 31.3 Å². The average molecular weight is 225 g/mol. The van der Waals surface area contributed by atoms with E-state index in [-0.39, 0.29) is 13.0 Å². The molecule has 1 saturated carbocycles. The molecule has 0 aromatic heterocycles. The number of hydrogen-bond acceptors (Lipinski definition) is 3. The number of nitrogens with one attached hydrogen (secondary N) is 1. The van der Waals surface area contributed by atoms with Crippen molar-refractivity contribution in [2.24, 2.45) is 10.8 Å². The van der Waals surface area contributed by atoms with Gasteiger partial charge in [-0.1, -0.05) is 0 Å². The number of aliphatic imine (C=N–C) groups is 1. The fraction of sp³-hybridized carbons (Fsp3) is 0.875. The lowest BCUT2D eigenvalue weighted by molar-refractivity contribution is -0.173. The van der Waals surface area contributed by atoms with E-state index in [1.165, 1.54) is 0 Å². The molecule has 0 aliphatic heterocycles. The van der Waals surface area contributed by atoms with Crippen molar-refractivity contribution in [3.05, 3.63) is 0 Å². The highest BCUT2D eigenvalue weighted by atomic mass is 19.4. The molecule has 15 heavy (non-hydrogen) atoms. The Morgan fingerprint density at radius 2 is 2.13 bits per heavy atom. The van der Waals surface area contributed by atoms with Crippen molar-refractivity contribution < 1.29 is 17.9 Å². The van der Waals surface area contributed by atoms with Gasteiger partial charge in [-0.3, -0.25) is 4.99 Å². The van der Waals surface area contributed by atoms with Gasteiger partial charge in [-0.15, -0.1) is 0 Å². The lowest BCUT2D eigenvalue weighted by Crippen LogP contribution is -2.32. The first kappa shape index (κ1) is 12.3. The molecule has 1 aliphatic rings. The molecular weight excluding hydrogens is 211 g/mol. The number of rotatable bonds is 5.